The highest BCUT2D eigenvalue weighted by Crippen LogP contribution is 2.50. The van der Waals surface area contributed by atoms with Crippen molar-refractivity contribution in [2.24, 2.45) is 16.6 Å². The molecule has 0 saturated carbocycles. The number of hydrogen-bond acceptors (Lipinski definition) is 8. The van der Waals surface area contributed by atoms with E-state index in [9.17, 15) is 19.7 Å². The van der Waals surface area contributed by atoms with Gasteiger partial charge < -0.3 is 30.6 Å². The third kappa shape index (κ3) is 7.19. The second-order valence-electron chi connectivity index (χ2n) is 9.67. The topological polar surface area (TPSA) is 167 Å². The summed E-state index contributed by atoms with van der Waals surface area (Å²) in [6, 6.07) is 7.26. The summed E-state index contributed by atoms with van der Waals surface area (Å²) in [5, 5.41) is 16.5. The van der Waals surface area contributed by atoms with Gasteiger partial charge in [0.1, 0.15) is 0 Å². The van der Waals surface area contributed by atoms with Gasteiger partial charge in [-0.1, -0.05) is 13.0 Å². The lowest BCUT2D eigenvalue weighted by Gasteiger charge is -2.22. The van der Waals surface area contributed by atoms with Crippen molar-refractivity contribution >= 4 is 23.3 Å². The van der Waals surface area contributed by atoms with E-state index < -0.39 is 11.5 Å². The molecule has 0 bridgehead atoms. The number of rotatable bonds is 12. The maximum Gasteiger partial charge on any atom is 0.259 e. The van der Waals surface area contributed by atoms with E-state index in [2.05, 4.69) is 15.6 Å². The van der Waals surface area contributed by atoms with Gasteiger partial charge in [-0.3, -0.25) is 24.7 Å². The molecule has 0 spiro atoms. The van der Waals surface area contributed by atoms with Crippen LogP contribution in [0.2, 0.25) is 0 Å². The Labute approximate surface area is 233 Å². The molecule has 2 aromatic rings. The number of nitrogens with zero attached hydrogens (tertiary/aromatic N) is 2. The van der Waals surface area contributed by atoms with Crippen molar-refractivity contribution in [2.75, 3.05) is 39.7 Å². The van der Waals surface area contributed by atoms with Crippen molar-refractivity contribution in [3.05, 3.63) is 45.5 Å². The zero-order chi connectivity index (χ0) is 29.4. The Morgan fingerprint density at radius 3 is 2.52 bits per heavy atom. The maximum atomic E-state index is 13.0. The van der Waals surface area contributed by atoms with Crippen LogP contribution >= 0.6 is 0 Å². The largest absolute Gasteiger partial charge is 0.493 e. The van der Waals surface area contributed by atoms with Crippen LogP contribution in [0.4, 0.5) is 5.69 Å². The first-order chi connectivity index (χ1) is 19.1. The molecular formula is C28H37N5O7. The van der Waals surface area contributed by atoms with Gasteiger partial charge in [0.15, 0.2) is 17.3 Å². The van der Waals surface area contributed by atoms with Crippen LogP contribution < -0.4 is 30.6 Å². The Hall–Kier alpha value is -4.35. The van der Waals surface area contributed by atoms with Crippen LogP contribution in [-0.2, 0) is 16.0 Å². The number of carbonyl (C=O) groups excluding carboxylic acids is 2. The Kier molecular flexibility index (Phi) is 10.3. The number of aliphatic imine (C=N–C) groups is 1. The van der Waals surface area contributed by atoms with Gasteiger partial charge in [-0.05, 0) is 60.6 Å². The summed E-state index contributed by atoms with van der Waals surface area (Å²) in [6.07, 6.45) is 2.38. The highest BCUT2D eigenvalue weighted by Gasteiger charge is 2.29. The van der Waals surface area contributed by atoms with Crippen LogP contribution in [-0.4, -0.2) is 57.0 Å². The van der Waals surface area contributed by atoms with Gasteiger partial charge in [-0.2, -0.15) is 0 Å². The first-order valence-electron chi connectivity index (χ1n) is 13.0. The van der Waals surface area contributed by atoms with Crippen molar-refractivity contribution in [1.29, 1.82) is 0 Å². The summed E-state index contributed by atoms with van der Waals surface area (Å²) in [5.41, 5.74) is 9.68. The number of amides is 2. The minimum absolute atomic E-state index is 0.0323. The molecule has 40 heavy (non-hydrogen) atoms. The quantitative estimate of drug-likeness (QED) is 0.118. The van der Waals surface area contributed by atoms with Crippen LogP contribution in [0.25, 0.3) is 11.1 Å². The van der Waals surface area contributed by atoms with E-state index in [1.807, 2.05) is 31.2 Å². The summed E-state index contributed by atoms with van der Waals surface area (Å²) in [5.74, 6) is 0.882. The predicted octanol–water partition coefficient (Wildman–Crippen LogP) is 3.49. The number of aryl methyl sites for hydroxylation is 1. The van der Waals surface area contributed by atoms with Gasteiger partial charge in [0, 0.05) is 35.6 Å². The highest BCUT2D eigenvalue weighted by atomic mass is 16.6. The standard InChI is InChI=1S/C28H37N5O7/c1-16(7-6-12-30-24(29)15-33(36)37)28(35)32-19-9-10-20-21(14-19)22(31-17(2)34)11-8-18-13-23(38-3)26(39-4)27(40-5)25(18)20/h9-10,13-14,16,22H,6-8,11-12,15H2,1-5H3,(H2,29,30)(H,31,34)(H,32,35)/t16-,22-/m0/s1. The number of hydrogen-bond donors (Lipinski definition) is 3. The fourth-order valence-corrected chi connectivity index (χ4v) is 4.91. The second-order valence-corrected chi connectivity index (χ2v) is 9.67. The third-order valence-electron chi connectivity index (χ3n) is 6.80. The van der Waals surface area contributed by atoms with Crippen LogP contribution in [0.5, 0.6) is 17.2 Å². The molecule has 2 atom stereocenters. The summed E-state index contributed by atoms with van der Waals surface area (Å²) in [4.78, 5) is 39.0. The van der Waals surface area contributed by atoms with Crippen LogP contribution in [0, 0.1) is 16.0 Å². The minimum Gasteiger partial charge on any atom is -0.493 e. The monoisotopic (exact) mass is 555 g/mol. The van der Waals surface area contributed by atoms with Gasteiger partial charge >= 0.3 is 0 Å². The van der Waals surface area contributed by atoms with E-state index >= 15 is 0 Å². The number of nitrogens with two attached hydrogens (primary N) is 1. The van der Waals surface area contributed by atoms with Crippen molar-refractivity contribution in [1.82, 2.24) is 5.32 Å². The molecule has 216 valence electrons. The van der Waals surface area contributed by atoms with Crippen LogP contribution in [0.3, 0.4) is 0 Å². The molecule has 12 nitrogen and oxygen atoms in total. The predicted molar refractivity (Wildman–Crippen MR) is 152 cm³/mol. The van der Waals surface area contributed by atoms with Crippen molar-refractivity contribution < 1.29 is 28.7 Å². The molecule has 0 radical (unpaired) electrons. The number of methoxy groups -OCH3 is 3. The van der Waals surface area contributed by atoms with Gasteiger partial charge in [0.05, 0.1) is 27.4 Å². The molecule has 1 aliphatic carbocycles. The molecule has 0 unspecified atom stereocenters. The smallest absolute Gasteiger partial charge is 0.259 e. The average molecular weight is 556 g/mol. The van der Waals surface area contributed by atoms with Crippen molar-refractivity contribution in [2.45, 2.75) is 45.6 Å². The lowest BCUT2D eigenvalue weighted by Crippen LogP contribution is -2.26. The number of benzene rings is 2. The summed E-state index contributed by atoms with van der Waals surface area (Å²) >= 11 is 0. The molecule has 12 heteroatoms. The molecule has 4 N–H and O–H groups in total. The van der Waals surface area contributed by atoms with Gasteiger partial charge in [0.2, 0.25) is 17.6 Å². The maximum absolute atomic E-state index is 13.0. The average Bonchev–Trinajstić information content (AvgIpc) is 3.05. The Bertz CT molecular complexity index is 1290. The number of nitrogens with one attached hydrogen (secondary N) is 2. The fraction of sp³-hybridized carbons (Fsp3) is 0.464. The van der Waals surface area contributed by atoms with Crippen LogP contribution in [0.15, 0.2) is 29.3 Å². The summed E-state index contributed by atoms with van der Waals surface area (Å²) < 4.78 is 17.0. The first-order valence-corrected chi connectivity index (χ1v) is 13.0. The summed E-state index contributed by atoms with van der Waals surface area (Å²) in [7, 11) is 4.70. The van der Waals surface area contributed by atoms with E-state index in [-0.39, 0.29) is 29.6 Å². The zero-order valence-corrected chi connectivity index (χ0v) is 23.5. The molecule has 0 heterocycles. The molecule has 3 rings (SSSR count). The third-order valence-corrected chi connectivity index (χ3v) is 6.80. The van der Waals surface area contributed by atoms with Gasteiger partial charge in [0.25, 0.3) is 6.54 Å². The molecule has 0 saturated heterocycles. The number of carbonyl (C=O) groups is 2. The SMILES string of the molecule is COc1cc2c(c(OC)c1OC)-c1ccc(NC(=O)[C@@H](C)CCCN=C(N)C[N+](=O)[O-])cc1[C@@H](NC(C)=O)CC2. The van der Waals surface area contributed by atoms with E-state index in [0.29, 0.717) is 55.2 Å². The molecule has 2 amide bonds. The number of anilines is 1. The van der Waals surface area contributed by atoms with Gasteiger partial charge in [-0.15, -0.1) is 0 Å². The van der Waals surface area contributed by atoms with Gasteiger partial charge in [-0.25, -0.2) is 0 Å². The number of nitro groups is 1. The highest BCUT2D eigenvalue weighted by molar-refractivity contribution is 5.93. The summed E-state index contributed by atoms with van der Waals surface area (Å²) in [6.45, 7) is 3.10. The number of amidine groups is 1. The normalized spacial score (nSPS) is 15.1. The lowest BCUT2D eigenvalue weighted by molar-refractivity contribution is -0.463. The number of ether oxygens (including phenoxy) is 3. The molecule has 0 aliphatic heterocycles. The Balaban J connectivity index is 1.89. The Morgan fingerprint density at radius 2 is 1.90 bits per heavy atom. The molecule has 0 aromatic heterocycles. The first kappa shape index (κ1) is 30.2. The molecule has 1 aliphatic rings. The second kappa shape index (κ2) is 13.6. The van der Waals surface area contributed by atoms with E-state index in [1.54, 1.807) is 21.3 Å². The van der Waals surface area contributed by atoms with E-state index in [4.69, 9.17) is 19.9 Å². The van der Waals surface area contributed by atoms with Crippen LogP contribution in [0.1, 0.15) is 50.3 Å². The lowest BCUT2D eigenvalue weighted by atomic mass is 9.93. The molecule has 0 fully saturated rings. The molecular weight excluding hydrogens is 518 g/mol. The zero-order valence-electron chi connectivity index (χ0n) is 23.5. The van der Waals surface area contributed by atoms with Crippen molar-refractivity contribution in [3.63, 3.8) is 0 Å². The van der Waals surface area contributed by atoms with Crippen molar-refractivity contribution in [3.8, 4) is 28.4 Å². The minimum atomic E-state index is -0.534. The fourth-order valence-electron chi connectivity index (χ4n) is 4.91. The Morgan fingerprint density at radius 1 is 1.18 bits per heavy atom. The van der Waals surface area contributed by atoms with E-state index in [1.165, 1.54) is 6.92 Å². The molecule has 2 aromatic carbocycles. The number of fused-ring (bicyclic) bond motifs is 3. The van der Waals surface area contributed by atoms with E-state index in [0.717, 1.165) is 22.3 Å².